The predicted molar refractivity (Wildman–Crippen MR) is 60.8 cm³/mol. The summed E-state index contributed by atoms with van der Waals surface area (Å²) in [6.45, 7) is 2.37. The molecule has 0 spiro atoms. The molecule has 0 saturated carbocycles. The van der Waals surface area contributed by atoms with Crippen molar-refractivity contribution in [2.45, 2.75) is 20.0 Å². The van der Waals surface area contributed by atoms with Gasteiger partial charge in [-0.1, -0.05) is 5.21 Å². The predicted octanol–water partition coefficient (Wildman–Crippen LogP) is 0.248. The van der Waals surface area contributed by atoms with Crippen molar-refractivity contribution >= 4 is 17.3 Å². The van der Waals surface area contributed by atoms with E-state index in [-0.39, 0.29) is 12.2 Å². The van der Waals surface area contributed by atoms with Gasteiger partial charge in [0.25, 0.3) is 0 Å². The first-order valence-corrected chi connectivity index (χ1v) is 5.76. The zero-order chi connectivity index (χ0) is 12.4. The maximum absolute atomic E-state index is 10.9. The van der Waals surface area contributed by atoms with Gasteiger partial charge in [-0.25, -0.2) is 14.5 Å². The van der Waals surface area contributed by atoms with E-state index in [1.807, 2.05) is 12.3 Å². The molecule has 0 bridgehead atoms. The molecule has 0 radical (unpaired) electrons. The summed E-state index contributed by atoms with van der Waals surface area (Å²) in [5.41, 5.74) is 6.64. The van der Waals surface area contributed by atoms with Crippen molar-refractivity contribution in [1.82, 2.24) is 20.0 Å². The van der Waals surface area contributed by atoms with Gasteiger partial charge in [-0.15, -0.1) is 16.4 Å². The number of hydrogen-bond acceptors (Lipinski definition) is 6. The molecule has 0 aliphatic rings. The number of aromatic carboxylic acids is 1. The third-order valence-corrected chi connectivity index (χ3v) is 3.03. The molecular weight excluding hydrogens is 242 g/mol. The highest BCUT2D eigenvalue weighted by Crippen LogP contribution is 2.11. The number of aromatic nitrogens is 4. The molecule has 0 aromatic carbocycles. The fraction of sp³-hybridized carbons (Fsp3) is 0.333. The monoisotopic (exact) mass is 253 g/mol. The minimum absolute atomic E-state index is 0.0811. The summed E-state index contributed by atoms with van der Waals surface area (Å²) in [5, 5.41) is 19.1. The lowest BCUT2D eigenvalue weighted by Crippen LogP contribution is -2.13. The number of carbonyl (C=O) groups is 1. The quantitative estimate of drug-likeness (QED) is 0.808. The molecule has 7 nitrogen and oxygen atoms in total. The van der Waals surface area contributed by atoms with Crippen molar-refractivity contribution in [3.63, 3.8) is 0 Å². The van der Waals surface area contributed by atoms with E-state index in [0.717, 1.165) is 10.7 Å². The van der Waals surface area contributed by atoms with E-state index in [4.69, 9.17) is 10.8 Å². The standard InChI is InChI=1S/C9H11N5O2S/c1-5-11-6(4-17-5)3-14-7(2-10)8(9(15)16)12-13-14/h4H,2-3,10H2,1H3,(H,15,16). The number of carboxylic acid groups (broad SMARTS) is 1. The second-order valence-corrected chi connectivity index (χ2v) is 4.47. The minimum Gasteiger partial charge on any atom is -0.476 e. The summed E-state index contributed by atoms with van der Waals surface area (Å²) in [7, 11) is 0. The highest BCUT2D eigenvalue weighted by molar-refractivity contribution is 7.09. The van der Waals surface area contributed by atoms with Gasteiger partial charge in [0.15, 0.2) is 5.69 Å². The van der Waals surface area contributed by atoms with Gasteiger partial charge in [-0.2, -0.15) is 0 Å². The van der Waals surface area contributed by atoms with Gasteiger partial charge in [0, 0.05) is 11.9 Å². The lowest BCUT2D eigenvalue weighted by molar-refractivity contribution is 0.0689. The van der Waals surface area contributed by atoms with Crippen LogP contribution in [0.2, 0.25) is 0 Å². The summed E-state index contributed by atoms with van der Waals surface area (Å²) in [4.78, 5) is 15.1. The first kappa shape index (κ1) is 11.7. The first-order chi connectivity index (χ1) is 8.11. The van der Waals surface area contributed by atoms with Crippen LogP contribution in [0.15, 0.2) is 5.38 Å². The normalized spacial score (nSPS) is 10.7. The van der Waals surface area contributed by atoms with E-state index in [1.165, 1.54) is 16.0 Å². The molecule has 0 amide bonds. The van der Waals surface area contributed by atoms with Gasteiger partial charge in [0.2, 0.25) is 0 Å². The van der Waals surface area contributed by atoms with Crippen molar-refractivity contribution in [1.29, 1.82) is 0 Å². The maximum Gasteiger partial charge on any atom is 0.358 e. The van der Waals surface area contributed by atoms with Crippen LogP contribution in [0.4, 0.5) is 0 Å². The molecule has 2 rings (SSSR count). The molecule has 0 unspecified atom stereocenters. The van der Waals surface area contributed by atoms with Crippen LogP contribution in [0, 0.1) is 6.92 Å². The Balaban J connectivity index is 2.30. The van der Waals surface area contributed by atoms with Gasteiger partial charge in [0.05, 0.1) is 22.9 Å². The third kappa shape index (κ3) is 2.32. The fourth-order valence-electron chi connectivity index (χ4n) is 1.46. The fourth-order valence-corrected chi connectivity index (χ4v) is 2.07. The van der Waals surface area contributed by atoms with Gasteiger partial charge >= 0.3 is 5.97 Å². The first-order valence-electron chi connectivity index (χ1n) is 4.88. The Morgan fingerprint density at radius 3 is 2.94 bits per heavy atom. The van der Waals surface area contributed by atoms with Crippen LogP contribution < -0.4 is 5.73 Å². The zero-order valence-electron chi connectivity index (χ0n) is 9.12. The van der Waals surface area contributed by atoms with Crippen molar-refractivity contribution in [3.8, 4) is 0 Å². The number of carboxylic acids is 1. The van der Waals surface area contributed by atoms with E-state index < -0.39 is 5.97 Å². The molecule has 2 aromatic rings. The summed E-state index contributed by atoms with van der Waals surface area (Å²) < 4.78 is 1.47. The molecule has 0 fully saturated rings. The molecular formula is C9H11N5O2S. The molecule has 2 heterocycles. The maximum atomic E-state index is 10.9. The van der Waals surface area contributed by atoms with Crippen LogP contribution in [0.1, 0.15) is 26.9 Å². The van der Waals surface area contributed by atoms with Crippen LogP contribution in [0.5, 0.6) is 0 Å². The lowest BCUT2D eigenvalue weighted by atomic mass is 10.3. The highest BCUT2D eigenvalue weighted by Gasteiger charge is 2.18. The van der Waals surface area contributed by atoms with Crippen molar-refractivity contribution in [2.24, 2.45) is 5.73 Å². The molecule has 17 heavy (non-hydrogen) atoms. The summed E-state index contributed by atoms with van der Waals surface area (Å²) in [6, 6.07) is 0. The Morgan fingerprint density at radius 1 is 1.65 bits per heavy atom. The lowest BCUT2D eigenvalue weighted by Gasteiger charge is -2.02. The second-order valence-electron chi connectivity index (χ2n) is 3.41. The minimum atomic E-state index is -1.12. The third-order valence-electron chi connectivity index (χ3n) is 2.21. The zero-order valence-corrected chi connectivity index (χ0v) is 9.94. The number of nitrogens with zero attached hydrogens (tertiary/aromatic N) is 4. The van der Waals surface area contributed by atoms with E-state index in [9.17, 15) is 4.79 Å². The molecule has 0 saturated heterocycles. The average molecular weight is 253 g/mol. The van der Waals surface area contributed by atoms with Crippen LogP contribution in [-0.2, 0) is 13.1 Å². The van der Waals surface area contributed by atoms with Crippen LogP contribution in [0.3, 0.4) is 0 Å². The van der Waals surface area contributed by atoms with Crippen molar-refractivity contribution < 1.29 is 9.90 Å². The van der Waals surface area contributed by atoms with Crippen LogP contribution >= 0.6 is 11.3 Å². The Kier molecular flexibility index (Phi) is 3.16. The SMILES string of the molecule is Cc1nc(Cn2nnc(C(=O)O)c2CN)cs1. The number of thiazole rings is 1. The molecule has 8 heteroatoms. The van der Waals surface area contributed by atoms with Crippen LogP contribution in [0.25, 0.3) is 0 Å². The van der Waals surface area contributed by atoms with Crippen molar-refractivity contribution in [2.75, 3.05) is 0 Å². The molecule has 2 aromatic heterocycles. The van der Waals surface area contributed by atoms with Gasteiger partial charge in [-0.3, -0.25) is 0 Å². The topological polar surface area (TPSA) is 107 Å². The number of rotatable bonds is 4. The van der Waals surface area contributed by atoms with Crippen LogP contribution in [-0.4, -0.2) is 31.1 Å². The Labute approximate surface area is 101 Å². The molecule has 90 valence electrons. The Hall–Kier alpha value is -1.80. The largest absolute Gasteiger partial charge is 0.476 e. The van der Waals surface area contributed by atoms with Gasteiger partial charge in [0.1, 0.15) is 0 Å². The average Bonchev–Trinajstić information content (AvgIpc) is 2.85. The summed E-state index contributed by atoms with van der Waals surface area (Å²) in [6.07, 6.45) is 0. The highest BCUT2D eigenvalue weighted by atomic mass is 32.1. The molecule has 3 N–H and O–H groups in total. The van der Waals surface area contributed by atoms with E-state index in [1.54, 1.807) is 0 Å². The Morgan fingerprint density at radius 2 is 2.41 bits per heavy atom. The molecule has 0 aliphatic carbocycles. The number of hydrogen-bond donors (Lipinski definition) is 2. The smallest absolute Gasteiger partial charge is 0.358 e. The summed E-state index contributed by atoms with van der Waals surface area (Å²) >= 11 is 1.53. The van der Waals surface area contributed by atoms with Gasteiger partial charge in [-0.05, 0) is 6.92 Å². The Bertz CT molecular complexity index is 547. The number of aryl methyl sites for hydroxylation is 1. The van der Waals surface area contributed by atoms with Crippen molar-refractivity contribution in [3.05, 3.63) is 27.5 Å². The molecule has 0 aliphatic heterocycles. The summed E-state index contributed by atoms with van der Waals surface area (Å²) in [5.74, 6) is -1.12. The van der Waals surface area contributed by atoms with E-state index >= 15 is 0 Å². The van der Waals surface area contributed by atoms with E-state index in [0.29, 0.717) is 12.2 Å². The van der Waals surface area contributed by atoms with E-state index in [2.05, 4.69) is 15.3 Å². The number of nitrogens with two attached hydrogens (primary N) is 1. The van der Waals surface area contributed by atoms with Gasteiger partial charge < -0.3 is 10.8 Å². The molecule has 0 atom stereocenters. The second kappa shape index (κ2) is 4.60.